The van der Waals surface area contributed by atoms with E-state index in [1.165, 1.54) is 6.92 Å². The van der Waals surface area contributed by atoms with Gasteiger partial charge in [-0.15, -0.1) is 14.5 Å². The molecule has 0 saturated heterocycles. The lowest BCUT2D eigenvalue weighted by Gasteiger charge is -2.33. The molecule has 1 fully saturated rings. The maximum absolute atomic E-state index is 11.8. The molecule has 1 rings (SSSR count). The van der Waals surface area contributed by atoms with E-state index >= 15 is 0 Å². The van der Waals surface area contributed by atoms with Crippen molar-refractivity contribution >= 4 is 15.3 Å². The second-order valence-electron chi connectivity index (χ2n) is 3.49. The molecule has 1 saturated carbocycles. The van der Waals surface area contributed by atoms with Gasteiger partial charge in [-0.25, -0.2) is 9.47 Å². The third kappa shape index (κ3) is 2.15. The van der Waals surface area contributed by atoms with Gasteiger partial charge in [-0.3, -0.25) is 4.79 Å². The number of thiol groups is 1. The van der Waals surface area contributed by atoms with Crippen LogP contribution in [0.5, 0.6) is 0 Å². The summed E-state index contributed by atoms with van der Waals surface area (Å²) in [5.41, 5.74) is 0. The zero-order valence-electron chi connectivity index (χ0n) is 7.73. The molecule has 1 aliphatic carbocycles. The van der Waals surface area contributed by atoms with Crippen LogP contribution in [0.3, 0.4) is 0 Å². The van der Waals surface area contributed by atoms with Gasteiger partial charge in [0.15, 0.2) is 0 Å². The zero-order chi connectivity index (χ0) is 9.90. The van der Waals surface area contributed by atoms with Gasteiger partial charge in [0.05, 0.1) is 5.25 Å². The molecular formula is C8H16O4S. The SMILES string of the molecule is CC(=O)[SH](=O)(OO)C1CCCCC1. The monoisotopic (exact) mass is 208 g/mol. The van der Waals surface area contributed by atoms with Gasteiger partial charge in [0.25, 0.3) is 0 Å². The first-order valence-electron chi connectivity index (χ1n) is 4.55. The standard InChI is InChI=1S/C8H16O4S/c1-7(9)13(11,12-10)8-5-3-2-4-6-8/h8,10,13H,2-6H2,1H3. The zero-order valence-corrected chi connectivity index (χ0v) is 8.63. The molecule has 0 amide bonds. The molecule has 0 aromatic carbocycles. The summed E-state index contributed by atoms with van der Waals surface area (Å²) >= 11 is 0. The summed E-state index contributed by atoms with van der Waals surface area (Å²) in [6.45, 7) is 1.21. The van der Waals surface area contributed by atoms with Gasteiger partial charge in [-0.1, -0.05) is 19.3 Å². The Hall–Kier alpha value is -0.260. The fraction of sp³-hybridized carbons (Fsp3) is 0.875. The topological polar surface area (TPSA) is 63.6 Å². The minimum atomic E-state index is -3.43. The smallest absolute Gasteiger partial charge is 0.233 e. The summed E-state index contributed by atoms with van der Waals surface area (Å²) in [4.78, 5) is 11.0. The van der Waals surface area contributed by atoms with Crippen LogP contribution in [0, 0.1) is 0 Å². The van der Waals surface area contributed by atoms with Crippen molar-refractivity contribution < 1.29 is 18.6 Å². The number of hydrogen-bond acceptors (Lipinski definition) is 4. The van der Waals surface area contributed by atoms with E-state index in [-0.39, 0.29) is 5.25 Å². The number of rotatable bonds is 2. The average molecular weight is 208 g/mol. The Morgan fingerprint density at radius 2 is 1.92 bits per heavy atom. The Morgan fingerprint density at radius 3 is 2.31 bits per heavy atom. The first-order valence-corrected chi connectivity index (χ1v) is 6.24. The van der Waals surface area contributed by atoms with Gasteiger partial charge in [0.2, 0.25) is 5.12 Å². The molecule has 0 unspecified atom stereocenters. The molecule has 0 aromatic heterocycles. The lowest BCUT2D eigenvalue weighted by molar-refractivity contribution is -0.137. The Balaban J connectivity index is 2.75. The Bertz CT molecular complexity index is 232. The van der Waals surface area contributed by atoms with E-state index < -0.39 is 15.3 Å². The summed E-state index contributed by atoms with van der Waals surface area (Å²) in [7, 11) is -3.43. The molecule has 0 aliphatic heterocycles. The van der Waals surface area contributed by atoms with Crippen LogP contribution in [0.15, 0.2) is 0 Å². The highest BCUT2D eigenvalue weighted by atomic mass is 32.3. The van der Waals surface area contributed by atoms with E-state index in [9.17, 15) is 9.00 Å². The van der Waals surface area contributed by atoms with Crippen LogP contribution in [-0.2, 0) is 19.3 Å². The predicted octanol–water partition coefficient (Wildman–Crippen LogP) is 1.29. The van der Waals surface area contributed by atoms with Gasteiger partial charge >= 0.3 is 0 Å². The van der Waals surface area contributed by atoms with Gasteiger partial charge in [-0.05, 0) is 12.8 Å². The van der Waals surface area contributed by atoms with E-state index in [1.54, 1.807) is 0 Å². The molecule has 1 N–H and O–H groups in total. The summed E-state index contributed by atoms with van der Waals surface area (Å²) in [6.07, 6.45) is 4.48. The highest BCUT2D eigenvalue weighted by Crippen LogP contribution is 2.29. The fourth-order valence-corrected chi connectivity index (χ4v) is 3.61. The molecule has 4 nitrogen and oxygen atoms in total. The number of carbonyl (C=O) groups is 1. The van der Waals surface area contributed by atoms with Crippen molar-refractivity contribution in [2.45, 2.75) is 44.3 Å². The maximum atomic E-state index is 11.8. The summed E-state index contributed by atoms with van der Waals surface area (Å²) in [6, 6.07) is 0. The largest absolute Gasteiger partial charge is 0.277 e. The molecule has 0 aromatic rings. The molecule has 0 bridgehead atoms. The van der Waals surface area contributed by atoms with Gasteiger partial charge < -0.3 is 0 Å². The van der Waals surface area contributed by atoms with Gasteiger partial charge in [0.1, 0.15) is 0 Å². The lowest BCUT2D eigenvalue weighted by atomic mass is 10.0. The van der Waals surface area contributed by atoms with Crippen LogP contribution in [0.1, 0.15) is 39.0 Å². The molecule has 13 heavy (non-hydrogen) atoms. The van der Waals surface area contributed by atoms with Crippen molar-refractivity contribution in [3.8, 4) is 0 Å². The Morgan fingerprint density at radius 1 is 1.38 bits per heavy atom. The first kappa shape index (κ1) is 10.8. The van der Waals surface area contributed by atoms with E-state index in [0.29, 0.717) is 0 Å². The van der Waals surface area contributed by atoms with Crippen LogP contribution < -0.4 is 0 Å². The number of hydrogen-bond donors (Lipinski definition) is 2. The van der Waals surface area contributed by atoms with Crippen molar-refractivity contribution in [3.63, 3.8) is 0 Å². The molecule has 5 heteroatoms. The van der Waals surface area contributed by atoms with Crippen molar-refractivity contribution in [3.05, 3.63) is 0 Å². The van der Waals surface area contributed by atoms with Crippen LogP contribution in [-0.4, -0.2) is 19.8 Å². The molecule has 0 radical (unpaired) electrons. The molecule has 78 valence electrons. The van der Waals surface area contributed by atoms with E-state index in [0.717, 1.165) is 32.1 Å². The summed E-state index contributed by atoms with van der Waals surface area (Å²) in [5.74, 6) is 0. The van der Waals surface area contributed by atoms with Crippen LogP contribution in [0.4, 0.5) is 0 Å². The minimum absolute atomic E-state index is 0.260. The molecule has 1 aliphatic rings. The molecule has 0 atom stereocenters. The second kappa shape index (κ2) is 4.30. The fourth-order valence-electron chi connectivity index (χ4n) is 1.80. The Labute approximate surface area is 78.8 Å². The van der Waals surface area contributed by atoms with Crippen molar-refractivity contribution in [2.24, 2.45) is 0 Å². The van der Waals surface area contributed by atoms with Crippen LogP contribution >= 0.6 is 0 Å². The van der Waals surface area contributed by atoms with Crippen LogP contribution in [0.25, 0.3) is 0 Å². The minimum Gasteiger partial charge on any atom is -0.277 e. The summed E-state index contributed by atoms with van der Waals surface area (Å²) < 4.78 is 15.8. The molecule has 0 heterocycles. The van der Waals surface area contributed by atoms with Crippen molar-refractivity contribution in [1.82, 2.24) is 0 Å². The third-order valence-electron chi connectivity index (χ3n) is 2.62. The third-order valence-corrected chi connectivity index (χ3v) is 5.21. The van der Waals surface area contributed by atoms with Crippen molar-refractivity contribution in [2.75, 3.05) is 0 Å². The molecular weight excluding hydrogens is 192 g/mol. The highest BCUT2D eigenvalue weighted by molar-refractivity contribution is 8.13. The van der Waals surface area contributed by atoms with E-state index in [4.69, 9.17) is 5.26 Å². The van der Waals surface area contributed by atoms with Gasteiger partial charge in [0, 0.05) is 6.92 Å². The normalized spacial score (nSPS) is 21.4. The number of carbonyl (C=O) groups excluding carboxylic acids is 1. The lowest BCUT2D eigenvalue weighted by Crippen LogP contribution is -2.37. The second-order valence-corrected chi connectivity index (χ2v) is 6.21. The molecule has 0 spiro atoms. The van der Waals surface area contributed by atoms with E-state index in [1.807, 2.05) is 0 Å². The highest BCUT2D eigenvalue weighted by Gasteiger charge is 2.29. The van der Waals surface area contributed by atoms with Crippen LogP contribution in [0.2, 0.25) is 0 Å². The Kier molecular flexibility index (Phi) is 3.58. The van der Waals surface area contributed by atoms with Crippen molar-refractivity contribution in [1.29, 1.82) is 0 Å². The maximum Gasteiger partial charge on any atom is 0.233 e. The van der Waals surface area contributed by atoms with Gasteiger partial charge in [-0.2, -0.15) is 0 Å². The predicted molar refractivity (Wildman–Crippen MR) is 50.8 cm³/mol. The van der Waals surface area contributed by atoms with E-state index in [2.05, 4.69) is 4.33 Å². The average Bonchev–Trinajstić information content (AvgIpc) is 2.17. The quantitative estimate of drug-likeness (QED) is 0.408. The first-order chi connectivity index (χ1) is 6.11. The summed E-state index contributed by atoms with van der Waals surface area (Å²) in [5, 5.41) is 7.74.